The fourth-order valence-electron chi connectivity index (χ4n) is 2.50. The molecular weight excluding hydrogens is 591 g/mol. The zero-order valence-corrected chi connectivity index (χ0v) is 18.5. The zero-order chi connectivity index (χ0) is 31.0. The van der Waals surface area contributed by atoms with E-state index in [1.807, 2.05) is 0 Å². The second-order valence-electron chi connectivity index (χ2n) is 7.24. The second-order valence-corrected chi connectivity index (χ2v) is 7.24. The number of carbonyl (C=O) groups is 2. The molecular formula is C17H15F17O4. The van der Waals surface area contributed by atoms with Crippen LogP contribution in [0.25, 0.3) is 0 Å². The molecule has 0 aliphatic rings. The van der Waals surface area contributed by atoms with Gasteiger partial charge in [-0.1, -0.05) is 0 Å². The van der Waals surface area contributed by atoms with E-state index in [4.69, 9.17) is 0 Å². The number of alkyl halides is 17. The van der Waals surface area contributed by atoms with Gasteiger partial charge in [0.15, 0.2) is 5.92 Å². The maximum atomic E-state index is 14.0. The van der Waals surface area contributed by atoms with Gasteiger partial charge in [-0.25, -0.2) is 0 Å². The first-order valence-electron chi connectivity index (χ1n) is 9.61. The first kappa shape index (κ1) is 35.8. The summed E-state index contributed by atoms with van der Waals surface area (Å²) in [6, 6.07) is 0. The zero-order valence-electron chi connectivity index (χ0n) is 18.5. The van der Waals surface area contributed by atoms with Crippen LogP contribution >= 0.6 is 0 Å². The molecule has 0 saturated heterocycles. The number of ether oxygens (including phenoxy) is 2. The Morgan fingerprint density at radius 2 is 0.816 bits per heavy atom. The number of esters is 2. The van der Waals surface area contributed by atoms with Crippen LogP contribution in [0.3, 0.4) is 0 Å². The van der Waals surface area contributed by atoms with Crippen LogP contribution in [0.1, 0.15) is 26.7 Å². The van der Waals surface area contributed by atoms with Crippen LogP contribution in [0.15, 0.2) is 0 Å². The number of halogens is 17. The van der Waals surface area contributed by atoms with Crippen LogP contribution in [0.5, 0.6) is 0 Å². The van der Waals surface area contributed by atoms with E-state index in [-0.39, 0.29) is 0 Å². The predicted molar refractivity (Wildman–Crippen MR) is 86.7 cm³/mol. The molecule has 0 saturated carbocycles. The largest absolute Gasteiger partial charge is 0.465 e. The number of hydrogen-bond donors (Lipinski definition) is 0. The lowest BCUT2D eigenvalue weighted by molar-refractivity contribution is -0.461. The van der Waals surface area contributed by atoms with Crippen LogP contribution in [-0.2, 0) is 19.1 Å². The molecule has 0 aromatic carbocycles. The third-order valence-electron chi connectivity index (χ3n) is 4.68. The minimum atomic E-state index is -8.74. The lowest BCUT2D eigenvalue weighted by Gasteiger charge is -2.42. The number of hydrogen-bond acceptors (Lipinski definition) is 4. The van der Waals surface area contributed by atoms with E-state index < -0.39 is 91.5 Å². The van der Waals surface area contributed by atoms with Crippen molar-refractivity contribution in [1.29, 1.82) is 0 Å². The highest BCUT2D eigenvalue weighted by Crippen LogP contribution is 2.64. The van der Waals surface area contributed by atoms with E-state index in [0.717, 1.165) is 13.8 Å². The molecule has 0 fully saturated rings. The third-order valence-corrected chi connectivity index (χ3v) is 4.68. The Balaban J connectivity index is 6.52. The predicted octanol–water partition coefficient (Wildman–Crippen LogP) is 6.52. The molecule has 0 unspecified atom stereocenters. The van der Waals surface area contributed by atoms with Crippen molar-refractivity contribution in [3.8, 4) is 0 Å². The SMILES string of the molecule is CCOC(=O)C(CCC(F)(F)C(F)(F)C(F)(F)C(F)(F)C(F)(F)C(F)(F)C(F)(F)C(F)(F)F)C(=O)OCC. The first-order chi connectivity index (χ1) is 16.6. The second kappa shape index (κ2) is 10.7. The molecule has 0 N–H and O–H groups in total. The number of carbonyl (C=O) groups excluding carboxylic acids is 2. The highest BCUT2D eigenvalue weighted by atomic mass is 19.4. The van der Waals surface area contributed by atoms with Crippen LogP contribution in [0, 0.1) is 5.92 Å². The van der Waals surface area contributed by atoms with Gasteiger partial charge < -0.3 is 9.47 Å². The Morgan fingerprint density at radius 1 is 0.526 bits per heavy atom. The van der Waals surface area contributed by atoms with Crippen LogP contribution < -0.4 is 0 Å². The van der Waals surface area contributed by atoms with Crippen molar-refractivity contribution in [3.63, 3.8) is 0 Å². The molecule has 0 aliphatic carbocycles. The summed E-state index contributed by atoms with van der Waals surface area (Å²) in [6.07, 6.45) is -12.8. The monoisotopic (exact) mass is 606 g/mol. The molecule has 0 rings (SSSR count). The maximum absolute atomic E-state index is 14.0. The number of rotatable bonds is 13. The van der Waals surface area contributed by atoms with Crippen molar-refractivity contribution < 1.29 is 93.7 Å². The quantitative estimate of drug-likeness (QED) is 0.136. The fraction of sp³-hybridized carbons (Fsp3) is 0.882. The summed E-state index contributed by atoms with van der Waals surface area (Å²) in [5.41, 5.74) is 0. The lowest BCUT2D eigenvalue weighted by Crippen LogP contribution is -2.74. The molecule has 226 valence electrons. The van der Waals surface area contributed by atoms with Gasteiger partial charge in [0.1, 0.15) is 0 Å². The van der Waals surface area contributed by atoms with E-state index in [2.05, 4.69) is 9.47 Å². The topological polar surface area (TPSA) is 52.6 Å². The Bertz CT molecular complexity index is 832. The van der Waals surface area contributed by atoms with Crippen LogP contribution in [-0.4, -0.2) is 72.8 Å². The maximum Gasteiger partial charge on any atom is 0.460 e. The fourth-order valence-corrected chi connectivity index (χ4v) is 2.50. The molecule has 0 bridgehead atoms. The third kappa shape index (κ3) is 5.55. The van der Waals surface area contributed by atoms with Gasteiger partial charge in [0.25, 0.3) is 0 Å². The van der Waals surface area contributed by atoms with Crippen molar-refractivity contribution in [2.45, 2.75) is 74.3 Å². The summed E-state index contributed by atoms with van der Waals surface area (Å²) in [7, 11) is 0. The molecule has 0 spiro atoms. The van der Waals surface area contributed by atoms with Gasteiger partial charge in [-0.05, 0) is 20.3 Å². The van der Waals surface area contributed by atoms with Crippen molar-refractivity contribution in [3.05, 3.63) is 0 Å². The molecule has 0 radical (unpaired) electrons. The minimum Gasteiger partial charge on any atom is -0.465 e. The van der Waals surface area contributed by atoms with Gasteiger partial charge in [-0.3, -0.25) is 9.59 Å². The minimum absolute atomic E-state index is 0.600. The molecule has 21 heteroatoms. The molecule has 0 aromatic heterocycles. The molecule has 0 heterocycles. The Kier molecular flexibility index (Phi) is 10.1. The summed E-state index contributed by atoms with van der Waals surface area (Å²) < 4.78 is 234. The molecule has 38 heavy (non-hydrogen) atoms. The molecule has 4 nitrogen and oxygen atoms in total. The van der Waals surface area contributed by atoms with Gasteiger partial charge in [-0.2, -0.15) is 74.6 Å². The average Bonchev–Trinajstić information content (AvgIpc) is 2.72. The summed E-state index contributed by atoms with van der Waals surface area (Å²) in [4.78, 5) is 23.3. The van der Waals surface area contributed by atoms with Crippen LogP contribution in [0.4, 0.5) is 74.6 Å². The van der Waals surface area contributed by atoms with Crippen molar-refractivity contribution in [1.82, 2.24) is 0 Å². The highest BCUT2D eigenvalue weighted by Gasteiger charge is 2.95. The Labute approximate surface area is 200 Å². The Morgan fingerprint density at radius 3 is 1.11 bits per heavy atom. The summed E-state index contributed by atoms with van der Waals surface area (Å²) in [5, 5.41) is 0. The van der Waals surface area contributed by atoms with Crippen molar-refractivity contribution >= 4 is 11.9 Å². The molecule has 0 atom stereocenters. The van der Waals surface area contributed by atoms with E-state index in [9.17, 15) is 84.2 Å². The van der Waals surface area contributed by atoms with Gasteiger partial charge in [-0.15, -0.1) is 0 Å². The Hall–Kier alpha value is -2.25. The molecule has 0 aliphatic heterocycles. The first-order valence-corrected chi connectivity index (χ1v) is 9.61. The van der Waals surface area contributed by atoms with Crippen molar-refractivity contribution in [2.75, 3.05) is 13.2 Å². The van der Waals surface area contributed by atoms with E-state index in [1.54, 1.807) is 0 Å². The van der Waals surface area contributed by atoms with Gasteiger partial charge in [0.2, 0.25) is 0 Å². The van der Waals surface area contributed by atoms with Crippen LogP contribution in [0.2, 0.25) is 0 Å². The highest BCUT2D eigenvalue weighted by molar-refractivity contribution is 5.94. The van der Waals surface area contributed by atoms with Gasteiger partial charge >= 0.3 is 59.6 Å². The molecule has 0 aromatic rings. The van der Waals surface area contributed by atoms with E-state index in [0.29, 0.717) is 0 Å². The van der Waals surface area contributed by atoms with Gasteiger partial charge in [0, 0.05) is 6.42 Å². The molecule has 0 amide bonds. The van der Waals surface area contributed by atoms with E-state index >= 15 is 0 Å². The standard InChI is InChI=1S/C17H15F17O4/c1-3-37-8(35)7(9(36)38-4-2)5-6-10(18,19)11(20,21)12(22,23)13(24,25)14(26,27)15(28,29)16(30,31)17(32,33)34/h7H,3-6H2,1-2H3. The summed E-state index contributed by atoms with van der Waals surface area (Å²) >= 11 is 0. The van der Waals surface area contributed by atoms with Crippen molar-refractivity contribution in [2.24, 2.45) is 5.92 Å². The smallest absolute Gasteiger partial charge is 0.460 e. The lowest BCUT2D eigenvalue weighted by atomic mass is 9.87. The van der Waals surface area contributed by atoms with Gasteiger partial charge in [0.05, 0.1) is 13.2 Å². The average molecular weight is 606 g/mol. The van der Waals surface area contributed by atoms with E-state index in [1.165, 1.54) is 0 Å². The summed E-state index contributed by atoms with van der Waals surface area (Å²) in [5.74, 6) is -63.6. The summed E-state index contributed by atoms with van der Waals surface area (Å²) in [6.45, 7) is 0.919. The normalized spacial score (nSPS) is 15.1.